The Morgan fingerprint density at radius 3 is 2.47 bits per heavy atom. The Hall–Kier alpha value is -4.58. The molecule has 0 spiro atoms. The van der Waals surface area contributed by atoms with E-state index in [1.165, 1.54) is 11.2 Å². The molecule has 2 aromatic heterocycles. The summed E-state index contributed by atoms with van der Waals surface area (Å²) < 4.78 is 11.3. The molecule has 5 aromatic rings. The molecule has 6 rings (SSSR count). The molecule has 1 aliphatic heterocycles. The largest absolute Gasteiger partial charge is 0.503 e. The molecule has 166 valence electrons. The number of Topliss-reactive ketones (excluding diaryl/α,β-unsaturated/α-hetero) is 1. The lowest BCUT2D eigenvalue weighted by Gasteiger charge is -2.27. The van der Waals surface area contributed by atoms with Crippen molar-refractivity contribution in [2.75, 3.05) is 0 Å². The highest BCUT2D eigenvalue weighted by molar-refractivity contribution is 6.16. The van der Waals surface area contributed by atoms with E-state index >= 15 is 0 Å². The molecule has 1 unspecified atom stereocenters. The summed E-state index contributed by atoms with van der Waals surface area (Å²) in [5.74, 6) is -1.12. The van der Waals surface area contributed by atoms with E-state index in [1.807, 2.05) is 60.7 Å². The van der Waals surface area contributed by atoms with Crippen molar-refractivity contribution in [1.82, 2.24) is 4.90 Å². The molecular weight excluding hydrogens is 430 g/mol. The smallest absolute Gasteiger partial charge is 0.290 e. The van der Waals surface area contributed by atoms with E-state index in [0.717, 1.165) is 21.7 Å². The fourth-order valence-corrected chi connectivity index (χ4v) is 4.66. The number of aliphatic hydroxyl groups excluding tert-OH is 1. The monoisotopic (exact) mass is 449 g/mol. The highest BCUT2D eigenvalue weighted by atomic mass is 16.3. The number of hydrogen-bond acceptors (Lipinski definition) is 5. The molecule has 1 amide bonds. The zero-order valence-corrected chi connectivity index (χ0v) is 18.0. The van der Waals surface area contributed by atoms with Gasteiger partial charge in [-0.2, -0.15) is 0 Å². The number of benzene rings is 3. The summed E-state index contributed by atoms with van der Waals surface area (Å²) in [6, 6.07) is 25.1. The maximum absolute atomic E-state index is 13.7. The van der Waals surface area contributed by atoms with Crippen molar-refractivity contribution in [2.24, 2.45) is 0 Å². The Morgan fingerprint density at radius 2 is 1.68 bits per heavy atom. The maximum Gasteiger partial charge on any atom is 0.290 e. The number of carbonyl (C=O) groups excluding carboxylic acids is 2. The van der Waals surface area contributed by atoms with Crippen LogP contribution in [0.1, 0.15) is 27.9 Å². The highest BCUT2D eigenvalue weighted by Crippen LogP contribution is 2.42. The first-order valence-corrected chi connectivity index (χ1v) is 10.9. The number of ketones is 1. The van der Waals surface area contributed by atoms with Crippen molar-refractivity contribution in [1.29, 1.82) is 0 Å². The van der Waals surface area contributed by atoms with Crippen LogP contribution in [-0.4, -0.2) is 21.7 Å². The molecule has 1 N–H and O–H groups in total. The van der Waals surface area contributed by atoms with Crippen molar-refractivity contribution < 1.29 is 23.5 Å². The van der Waals surface area contributed by atoms with E-state index < -0.39 is 23.5 Å². The Labute approximate surface area is 194 Å². The van der Waals surface area contributed by atoms with E-state index in [4.69, 9.17) is 8.83 Å². The minimum atomic E-state index is -0.815. The number of hydrogen-bond donors (Lipinski definition) is 1. The van der Waals surface area contributed by atoms with Crippen molar-refractivity contribution in [3.63, 3.8) is 0 Å². The van der Waals surface area contributed by atoms with Crippen LogP contribution in [0.3, 0.4) is 0 Å². The first kappa shape index (κ1) is 20.1. The predicted molar refractivity (Wildman–Crippen MR) is 126 cm³/mol. The number of carbonyl (C=O) groups is 2. The molecule has 0 saturated carbocycles. The minimum Gasteiger partial charge on any atom is -0.503 e. The van der Waals surface area contributed by atoms with E-state index in [2.05, 4.69) is 0 Å². The van der Waals surface area contributed by atoms with Crippen molar-refractivity contribution in [2.45, 2.75) is 12.6 Å². The topological polar surface area (TPSA) is 83.9 Å². The Bertz CT molecular complexity index is 1550. The lowest BCUT2D eigenvalue weighted by atomic mass is 9.91. The number of amides is 1. The van der Waals surface area contributed by atoms with Crippen LogP contribution >= 0.6 is 0 Å². The number of para-hydroxylation sites is 1. The zero-order valence-electron chi connectivity index (χ0n) is 18.0. The number of fused-ring (bicyclic) bond motifs is 2. The van der Waals surface area contributed by atoms with Crippen LogP contribution in [0, 0.1) is 0 Å². The summed E-state index contributed by atoms with van der Waals surface area (Å²) >= 11 is 0. The van der Waals surface area contributed by atoms with Gasteiger partial charge in [0, 0.05) is 5.39 Å². The summed E-state index contributed by atoms with van der Waals surface area (Å²) in [6.45, 7) is 0.0979. The van der Waals surface area contributed by atoms with Gasteiger partial charge >= 0.3 is 0 Å². The van der Waals surface area contributed by atoms with Gasteiger partial charge in [-0.05, 0) is 40.6 Å². The first-order valence-electron chi connectivity index (χ1n) is 10.9. The first-order chi connectivity index (χ1) is 16.6. The standard InChI is InChI=1S/C28H19NO5/c30-26(23-15-18-8-2-4-13-22(18)34-23)24-25(21-12-5-9-17-7-1-3-11-20(17)21)29(28(32)27(24)31)16-19-10-6-14-33-19/h1-15,25,31H,16H2. The molecule has 0 fully saturated rings. The van der Waals surface area contributed by atoms with E-state index in [-0.39, 0.29) is 17.9 Å². The highest BCUT2D eigenvalue weighted by Gasteiger charge is 2.45. The quantitative estimate of drug-likeness (QED) is 0.335. The van der Waals surface area contributed by atoms with Gasteiger partial charge in [0.15, 0.2) is 11.5 Å². The summed E-state index contributed by atoms with van der Waals surface area (Å²) in [5.41, 5.74) is 1.29. The molecule has 34 heavy (non-hydrogen) atoms. The van der Waals surface area contributed by atoms with Crippen molar-refractivity contribution in [3.8, 4) is 0 Å². The van der Waals surface area contributed by atoms with Gasteiger partial charge in [0.25, 0.3) is 5.91 Å². The average molecular weight is 449 g/mol. The summed E-state index contributed by atoms with van der Waals surface area (Å²) in [5, 5.41) is 13.6. The van der Waals surface area contributed by atoms with Gasteiger partial charge in [0.1, 0.15) is 11.3 Å². The Balaban J connectivity index is 1.53. The molecule has 6 heteroatoms. The van der Waals surface area contributed by atoms with Crippen LogP contribution in [0.2, 0.25) is 0 Å². The van der Waals surface area contributed by atoms with E-state index in [1.54, 1.807) is 24.3 Å². The number of furan rings is 2. The Kier molecular flexibility index (Phi) is 4.59. The molecule has 1 aliphatic rings. The molecule has 0 aliphatic carbocycles. The second-order valence-corrected chi connectivity index (χ2v) is 8.22. The van der Waals surface area contributed by atoms with E-state index in [0.29, 0.717) is 11.3 Å². The number of nitrogens with zero attached hydrogens (tertiary/aromatic N) is 1. The van der Waals surface area contributed by atoms with Crippen molar-refractivity contribution in [3.05, 3.63) is 120 Å². The Morgan fingerprint density at radius 1 is 0.912 bits per heavy atom. The van der Waals surface area contributed by atoms with Crippen LogP contribution in [0.5, 0.6) is 0 Å². The molecular formula is C28H19NO5. The summed E-state index contributed by atoms with van der Waals surface area (Å²) in [4.78, 5) is 28.5. The molecule has 3 heterocycles. The molecule has 3 aromatic carbocycles. The lowest BCUT2D eigenvalue weighted by Crippen LogP contribution is -2.30. The number of rotatable bonds is 5. The molecule has 1 atom stereocenters. The maximum atomic E-state index is 13.7. The van der Waals surface area contributed by atoms with Crippen LogP contribution < -0.4 is 0 Å². The predicted octanol–water partition coefficient (Wildman–Crippen LogP) is 5.96. The lowest BCUT2D eigenvalue weighted by molar-refractivity contribution is -0.130. The van der Waals surface area contributed by atoms with Gasteiger partial charge in [0.2, 0.25) is 5.78 Å². The third-order valence-corrected chi connectivity index (χ3v) is 6.22. The zero-order chi connectivity index (χ0) is 23.2. The van der Waals surface area contributed by atoms with Gasteiger partial charge in [-0.1, -0.05) is 60.7 Å². The van der Waals surface area contributed by atoms with Crippen LogP contribution in [0.15, 0.2) is 111 Å². The molecule has 0 bridgehead atoms. The molecule has 6 nitrogen and oxygen atoms in total. The van der Waals surface area contributed by atoms with Crippen molar-refractivity contribution >= 4 is 33.4 Å². The van der Waals surface area contributed by atoms with Crippen LogP contribution in [-0.2, 0) is 11.3 Å². The van der Waals surface area contributed by atoms with Gasteiger partial charge in [0.05, 0.1) is 24.4 Å². The normalized spacial score (nSPS) is 16.2. The third kappa shape index (κ3) is 3.11. The van der Waals surface area contributed by atoms with E-state index in [9.17, 15) is 14.7 Å². The van der Waals surface area contributed by atoms with Gasteiger partial charge in [-0.25, -0.2) is 0 Å². The minimum absolute atomic E-state index is 0.00744. The third-order valence-electron chi connectivity index (χ3n) is 6.22. The summed E-state index contributed by atoms with van der Waals surface area (Å²) in [6.07, 6.45) is 1.52. The van der Waals surface area contributed by atoms with Gasteiger partial charge in [-0.15, -0.1) is 0 Å². The summed E-state index contributed by atoms with van der Waals surface area (Å²) in [7, 11) is 0. The van der Waals surface area contributed by atoms with Gasteiger partial charge < -0.3 is 18.8 Å². The second kappa shape index (κ2) is 7.78. The second-order valence-electron chi connectivity index (χ2n) is 8.22. The van der Waals surface area contributed by atoms with Gasteiger partial charge in [-0.3, -0.25) is 9.59 Å². The fourth-order valence-electron chi connectivity index (χ4n) is 4.66. The molecule has 0 saturated heterocycles. The average Bonchev–Trinajstić information content (AvgIpc) is 3.59. The molecule has 0 radical (unpaired) electrons. The fraction of sp³-hybridized carbons (Fsp3) is 0.0714. The van der Waals surface area contributed by atoms with Crippen LogP contribution in [0.4, 0.5) is 0 Å². The van der Waals surface area contributed by atoms with Crippen LogP contribution in [0.25, 0.3) is 21.7 Å². The SMILES string of the molecule is O=C(C1=C(O)C(=O)N(Cc2ccco2)C1c1cccc2ccccc12)c1cc2ccccc2o1. The number of aliphatic hydroxyl groups is 1.